The van der Waals surface area contributed by atoms with Gasteiger partial charge in [-0.3, -0.25) is 15.0 Å². The van der Waals surface area contributed by atoms with Crippen molar-refractivity contribution in [3.8, 4) is 0 Å². The fourth-order valence-electron chi connectivity index (χ4n) is 3.45. The van der Waals surface area contributed by atoms with Crippen LogP contribution in [0.1, 0.15) is 73.5 Å². The van der Waals surface area contributed by atoms with E-state index in [9.17, 15) is 9.59 Å². The SMILES string of the molecule is CC[C@H](CC(=O)CNC(=O)c1cccc(CC(=N)N)c1)c1cc(Br)cc(C(C)(C)C)c1. The highest BCUT2D eigenvalue weighted by Gasteiger charge is 2.20. The number of benzene rings is 2. The monoisotopic (exact) mass is 485 g/mol. The summed E-state index contributed by atoms with van der Waals surface area (Å²) < 4.78 is 1.01. The van der Waals surface area contributed by atoms with Crippen molar-refractivity contribution in [2.45, 2.75) is 58.3 Å². The van der Waals surface area contributed by atoms with Crippen molar-refractivity contribution in [1.29, 1.82) is 5.41 Å². The van der Waals surface area contributed by atoms with E-state index in [-0.39, 0.29) is 35.4 Å². The molecule has 0 saturated carbocycles. The minimum atomic E-state index is -0.302. The van der Waals surface area contributed by atoms with Crippen molar-refractivity contribution in [1.82, 2.24) is 5.32 Å². The fraction of sp³-hybridized carbons (Fsp3) is 0.400. The van der Waals surface area contributed by atoms with Crippen molar-refractivity contribution in [3.63, 3.8) is 0 Å². The average molecular weight is 486 g/mol. The van der Waals surface area contributed by atoms with Crippen LogP contribution in [0.2, 0.25) is 0 Å². The largest absolute Gasteiger partial charge is 0.387 e. The molecule has 31 heavy (non-hydrogen) atoms. The van der Waals surface area contributed by atoms with Gasteiger partial charge in [-0.2, -0.15) is 0 Å². The van der Waals surface area contributed by atoms with Gasteiger partial charge in [-0.15, -0.1) is 0 Å². The van der Waals surface area contributed by atoms with E-state index in [4.69, 9.17) is 11.1 Å². The standard InChI is InChI=1S/C25H32BrN3O2/c1-5-17(19-11-20(25(2,3)4)14-21(26)12-19)13-22(30)15-29-24(31)18-8-6-7-16(9-18)10-23(27)28/h6-9,11-12,14,17H,5,10,13,15H2,1-4H3,(H3,27,28)(H,29,31)/t17-/m1/s1. The van der Waals surface area contributed by atoms with Gasteiger partial charge in [0.2, 0.25) is 0 Å². The second-order valence-electron chi connectivity index (χ2n) is 8.96. The minimum Gasteiger partial charge on any atom is -0.387 e. The van der Waals surface area contributed by atoms with Gasteiger partial charge in [0.05, 0.1) is 12.4 Å². The van der Waals surface area contributed by atoms with E-state index in [1.807, 2.05) is 6.07 Å². The zero-order valence-electron chi connectivity index (χ0n) is 18.7. The van der Waals surface area contributed by atoms with Crippen LogP contribution in [-0.4, -0.2) is 24.1 Å². The maximum atomic E-state index is 12.6. The van der Waals surface area contributed by atoms with E-state index < -0.39 is 0 Å². The summed E-state index contributed by atoms with van der Waals surface area (Å²) in [5, 5.41) is 10.1. The van der Waals surface area contributed by atoms with Crippen LogP contribution in [0.3, 0.4) is 0 Å². The quantitative estimate of drug-likeness (QED) is 0.340. The van der Waals surface area contributed by atoms with Gasteiger partial charge in [-0.1, -0.05) is 61.8 Å². The maximum Gasteiger partial charge on any atom is 0.251 e. The van der Waals surface area contributed by atoms with Crippen molar-refractivity contribution < 1.29 is 9.59 Å². The molecule has 0 saturated heterocycles. The van der Waals surface area contributed by atoms with Crippen molar-refractivity contribution >= 4 is 33.5 Å². The molecule has 0 aliphatic rings. The highest BCUT2D eigenvalue weighted by atomic mass is 79.9. The van der Waals surface area contributed by atoms with Gasteiger partial charge in [-0.25, -0.2) is 0 Å². The van der Waals surface area contributed by atoms with E-state index in [1.165, 1.54) is 5.56 Å². The molecule has 0 radical (unpaired) electrons. The number of ketones is 1. The summed E-state index contributed by atoms with van der Waals surface area (Å²) in [7, 11) is 0. The first-order valence-electron chi connectivity index (χ1n) is 10.5. The molecule has 0 unspecified atom stereocenters. The number of amides is 1. The molecule has 166 valence electrons. The van der Waals surface area contributed by atoms with E-state index in [0.29, 0.717) is 18.4 Å². The molecule has 0 heterocycles. The van der Waals surface area contributed by atoms with E-state index in [2.05, 4.69) is 67.1 Å². The number of Topliss-reactive ketones (excluding diaryl/α,β-unsaturated/α-hetero) is 1. The molecule has 2 rings (SSSR count). The van der Waals surface area contributed by atoms with Crippen LogP contribution in [0.15, 0.2) is 46.9 Å². The molecular formula is C25H32BrN3O2. The Bertz CT molecular complexity index is 963. The van der Waals surface area contributed by atoms with Crippen LogP contribution in [0.25, 0.3) is 0 Å². The molecule has 6 heteroatoms. The number of carbonyl (C=O) groups is 2. The van der Waals surface area contributed by atoms with Gasteiger partial charge in [0.1, 0.15) is 0 Å². The zero-order valence-corrected chi connectivity index (χ0v) is 20.3. The Balaban J connectivity index is 2.02. The molecule has 5 nitrogen and oxygen atoms in total. The Morgan fingerprint density at radius 3 is 2.48 bits per heavy atom. The zero-order chi connectivity index (χ0) is 23.2. The number of hydrogen-bond acceptors (Lipinski definition) is 3. The third-order valence-electron chi connectivity index (χ3n) is 5.25. The Hall–Kier alpha value is -2.47. The Morgan fingerprint density at radius 2 is 1.87 bits per heavy atom. The highest BCUT2D eigenvalue weighted by molar-refractivity contribution is 9.10. The average Bonchev–Trinajstić information content (AvgIpc) is 2.68. The Kier molecular flexibility index (Phi) is 8.57. The lowest BCUT2D eigenvalue weighted by Gasteiger charge is -2.23. The van der Waals surface area contributed by atoms with Crippen molar-refractivity contribution in [2.24, 2.45) is 5.73 Å². The molecule has 2 aromatic rings. The first kappa shape index (κ1) is 24.8. The van der Waals surface area contributed by atoms with Gasteiger partial charge in [0.15, 0.2) is 5.78 Å². The molecule has 2 aromatic carbocycles. The Labute approximate surface area is 193 Å². The van der Waals surface area contributed by atoms with Gasteiger partial charge in [0, 0.05) is 22.9 Å². The summed E-state index contributed by atoms with van der Waals surface area (Å²) in [6.45, 7) is 8.59. The predicted octanol–water partition coefficient (Wildman–Crippen LogP) is 5.11. The lowest BCUT2D eigenvalue weighted by atomic mass is 9.83. The van der Waals surface area contributed by atoms with Crippen LogP contribution in [0.5, 0.6) is 0 Å². The van der Waals surface area contributed by atoms with Crippen molar-refractivity contribution in [2.75, 3.05) is 6.54 Å². The second kappa shape index (κ2) is 10.7. The highest BCUT2D eigenvalue weighted by Crippen LogP contribution is 2.32. The molecule has 0 aliphatic carbocycles. The van der Waals surface area contributed by atoms with Crippen LogP contribution in [-0.2, 0) is 16.6 Å². The summed E-state index contributed by atoms with van der Waals surface area (Å²) in [5.74, 6) is -0.163. The minimum absolute atomic E-state index is 0.00243. The van der Waals surface area contributed by atoms with E-state index in [1.54, 1.807) is 18.2 Å². The van der Waals surface area contributed by atoms with Gasteiger partial charge < -0.3 is 11.1 Å². The van der Waals surface area contributed by atoms with Crippen LogP contribution < -0.4 is 11.1 Å². The first-order valence-corrected chi connectivity index (χ1v) is 11.3. The first-order chi connectivity index (χ1) is 14.5. The third-order valence-corrected chi connectivity index (χ3v) is 5.71. The molecule has 1 atom stereocenters. The molecule has 0 fully saturated rings. The lowest BCUT2D eigenvalue weighted by Crippen LogP contribution is -2.30. The van der Waals surface area contributed by atoms with E-state index in [0.717, 1.165) is 22.0 Å². The molecule has 0 spiro atoms. The summed E-state index contributed by atoms with van der Waals surface area (Å²) in [6, 6.07) is 13.3. The molecule has 0 aliphatic heterocycles. The maximum absolute atomic E-state index is 12.6. The number of nitrogens with one attached hydrogen (secondary N) is 2. The number of hydrogen-bond donors (Lipinski definition) is 3. The molecular weight excluding hydrogens is 454 g/mol. The number of rotatable bonds is 9. The summed E-state index contributed by atoms with van der Waals surface area (Å²) in [6.07, 6.45) is 1.51. The van der Waals surface area contributed by atoms with Crippen molar-refractivity contribution in [3.05, 3.63) is 69.2 Å². The van der Waals surface area contributed by atoms with Gasteiger partial charge in [-0.05, 0) is 58.7 Å². The molecule has 0 bridgehead atoms. The van der Waals surface area contributed by atoms with Crippen LogP contribution in [0, 0.1) is 5.41 Å². The number of amidine groups is 1. The topological polar surface area (TPSA) is 96.0 Å². The second-order valence-corrected chi connectivity index (χ2v) is 9.87. The lowest BCUT2D eigenvalue weighted by molar-refractivity contribution is -0.118. The smallest absolute Gasteiger partial charge is 0.251 e. The van der Waals surface area contributed by atoms with Crippen LogP contribution in [0.4, 0.5) is 0 Å². The molecule has 0 aromatic heterocycles. The normalized spacial score (nSPS) is 12.3. The van der Waals surface area contributed by atoms with Crippen LogP contribution >= 0.6 is 15.9 Å². The summed E-state index contributed by atoms with van der Waals surface area (Å²) in [5.41, 5.74) is 9.07. The molecule has 1 amide bonds. The predicted molar refractivity (Wildman–Crippen MR) is 130 cm³/mol. The van der Waals surface area contributed by atoms with Gasteiger partial charge in [0.25, 0.3) is 5.91 Å². The third kappa shape index (κ3) is 7.62. The number of nitrogens with two attached hydrogens (primary N) is 1. The van der Waals surface area contributed by atoms with E-state index >= 15 is 0 Å². The Morgan fingerprint density at radius 1 is 1.16 bits per heavy atom. The van der Waals surface area contributed by atoms with Gasteiger partial charge >= 0.3 is 0 Å². The number of halogens is 1. The fourth-order valence-corrected chi connectivity index (χ4v) is 3.96. The number of carbonyl (C=O) groups excluding carboxylic acids is 2. The molecule has 4 N–H and O–H groups in total. The summed E-state index contributed by atoms with van der Waals surface area (Å²) >= 11 is 3.60. The summed E-state index contributed by atoms with van der Waals surface area (Å²) in [4.78, 5) is 25.1.